The first-order valence-corrected chi connectivity index (χ1v) is 10.1. The zero-order valence-electron chi connectivity index (χ0n) is 16.6. The van der Waals surface area contributed by atoms with Gasteiger partial charge in [0.05, 0.1) is 35.5 Å². The van der Waals surface area contributed by atoms with Crippen LogP contribution in [0.3, 0.4) is 0 Å². The van der Waals surface area contributed by atoms with Crippen molar-refractivity contribution in [2.75, 3.05) is 35.7 Å². The molecule has 0 bridgehead atoms. The van der Waals surface area contributed by atoms with Crippen molar-refractivity contribution in [3.05, 3.63) is 54.0 Å². The summed E-state index contributed by atoms with van der Waals surface area (Å²) in [7, 11) is 0. The van der Waals surface area contributed by atoms with Crippen LogP contribution in [0.15, 0.2) is 42.7 Å². The minimum atomic E-state index is -0.447. The molecule has 1 aliphatic heterocycles. The monoisotopic (exact) mass is 408 g/mol. The first-order chi connectivity index (χ1) is 14.5. The van der Waals surface area contributed by atoms with Crippen LogP contribution in [0.25, 0.3) is 10.9 Å². The molecule has 30 heavy (non-hydrogen) atoms. The summed E-state index contributed by atoms with van der Waals surface area (Å²) in [6.07, 6.45) is 5.60. The fourth-order valence-corrected chi connectivity index (χ4v) is 3.84. The molecule has 1 aromatic carbocycles. The number of pyridine rings is 2. The maximum Gasteiger partial charge on any atom is 0.276 e. The number of nitrogen functional groups attached to an aromatic ring is 1. The molecule has 0 radical (unpaired) electrons. The Bertz CT molecular complexity index is 1070. The van der Waals surface area contributed by atoms with Gasteiger partial charge in [-0.05, 0) is 36.6 Å². The van der Waals surface area contributed by atoms with Gasteiger partial charge in [0.15, 0.2) is 5.69 Å². The van der Waals surface area contributed by atoms with Gasteiger partial charge in [-0.1, -0.05) is 12.1 Å². The van der Waals surface area contributed by atoms with Gasteiger partial charge in [-0.15, -0.1) is 0 Å². The summed E-state index contributed by atoms with van der Waals surface area (Å²) in [4.78, 5) is 23.8. The van der Waals surface area contributed by atoms with Gasteiger partial charge in [-0.3, -0.25) is 14.2 Å². The van der Waals surface area contributed by atoms with Crippen LogP contribution in [0.4, 0.5) is 21.5 Å². The summed E-state index contributed by atoms with van der Waals surface area (Å²) in [5.41, 5.74) is 15.5. The maximum absolute atomic E-state index is 13.0. The highest BCUT2D eigenvalue weighted by molar-refractivity contribution is 6.09. The van der Waals surface area contributed by atoms with E-state index >= 15 is 0 Å². The number of rotatable bonds is 5. The van der Waals surface area contributed by atoms with E-state index in [0.29, 0.717) is 17.6 Å². The number of hydrogen-bond acceptors (Lipinski definition) is 6. The normalized spacial score (nSPS) is 16.6. The minimum Gasteiger partial charge on any atom is -0.397 e. The number of anilines is 3. The Morgan fingerprint density at radius 2 is 2.17 bits per heavy atom. The fourth-order valence-electron chi connectivity index (χ4n) is 3.84. The van der Waals surface area contributed by atoms with Gasteiger partial charge in [-0.25, -0.2) is 4.98 Å². The number of piperidine rings is 1. The number of benzene rings is 1. The molecular formula is C22H25FN6O. The quantitative estimate of drug-likeness (QED) is 0.599. The third-order valence-electron chi connectivity index (χ3n) is 5.35. The molecule has 0 aliphatic carbocycles. The van der Waals surface area contributed by atoms with Gasteiger partial charge in [-0.2, -0.15) is 0 Å². The Morgan fingerprint density at radius 3 is 2.97 bits per heavy atom. The SMILES string of the molecule is Nc1cc2ccc(CCF)cc2nc1C(=O)Nc1cnccc1N1CCCC(N)C1. The summed E-state index contributed by atoms with van der Waals surface area (Å²) in [6, 6.07) is 9.15. The Hall–Kier alpha value is -3.26. The standard InChI is InChI=1S/C22H25FN6O/c23-7-5-14-3-4-15-11-17(25)21(27-18(15)10-14)22(30)28-19-12-26-8-6-20(19)29-9-1-2-16(24)13-29/h3-4,6,8,10-12,16H,1-2,5,7,9,13,24-25H2,(H,28,30). The highest BCUT2D eigenvalue weighted by Crippen LogP contribution is 2.28. The van der Waals surface area contributed by atoms with Gasteiger partial charge >= 0.3 is 0 Å². The van der Waals surface area contributed by atoms with E-state index in [1.807, 2.05) is 18.2 Å². The number of halogens is 1. The molecule has 156 valence electrons. The molecule has 0 saturated carbocycles. The van der Waals surface area contributed by atoms with Gasteiger partial charge in [0, 0.05) is 37.1 Å². The molecule has 8 heteroatoms. The van der Waals surface area contributed by atoms with Crippen molar-refractivity contribution in [1.29, 1.82) is 0 Å². The number of fused-ring (bicyclic) bond motifs is 1. The second kappa shape index (κ2) is 8.62. The number of carbonyl (C=O) groups is 1. The number of hydrogen-bond donors (Lipinski definition) is 3. The molecule has 3 heterocycles. The third kappa shape index (κ3) is 4.18. The van der Waals surface area contributed by atoms with Crippen LogP contribution in [0.1, 0.15) is 28.9 Å². The van der Waals surface area contributed by atoms with Crippen molar-refractivity contribution in [3.63, 3.8) is 0 Å². The second-order valence-corrected chi connectivity index (χ2v) is 7.59. The van der Waals surface area contributed by atoms with Crippen LogP contribution >= 0.6 is 0 Å². The Balaban J connectivity index is 1.62. The molecule has 7 nitrogen and oxygen atoms in total. The van der Waals surface area contributed by atoms with Crippen LogP contribution in [0.2, 0.25) is 0 Å². The summed E-state index contributed by atoms with van der Waals surface area (Å²) < 4.78 is 12.7. The summed E-state index contributed by atoms with van der Waals surface area (Å²) in [5.74, 6) is -0.416. The smallest absolute Gasteiger partial charge is 0.276 e. The number of nitrogens with zero attached hydrogens (tertiary/aromatic N) is 3. The van der Waals surface area contributed by atoms with Gasteiger partial charge < -0.3 is 21.7 Å². The maximum atomic E-state index is 13.0. The van der Waals surface area contributed by atoms with Crippen LogP contribution in [0, 0.1) is 0 Å². The van der Waals surface area contributed by atoms with E-state index in [4.69, 9.17) is 11.5 Å². The van der Waals surface area contributed by atoms with Crippen molar-refractivity contribution in [3.8, 4) is 0 Å². The second-order valence-electron chi connectivity index (χ2n) is 7.59. The summed E-state index contributed by atoms with van der Waals surface area (Å²) in [5, 5.41) is 3.70. The first kappa shape index (κ1) is 20.0. The number of aromatic nitrogens is 2. The molecule has 1 aliphatic rings. The predicted molar refractivity (Wildman–Crippen MR) is 117 cm³/mol. The van der Waals surface area contributed by atoms with E-state index in [0.717, 1.165) is 42.6 Å². The molecule has 1 amide bonds. The average molecular weight is 408 g/mol. The van der Waals surface area contributed by atoms with Crippen molar-refractivity contribution < 1.29 is 9.18 Å². The zero-order chi connectivity index (χ0) is 21.1. The molecule has 1 atom stereocenters. The van der Waals surface area contributed by atoms with E-state index in [2.05, 4.69) is 20.2 Å². The van der Waals surface area contributed by atoms with Crippen molar-refractivity contribution in [1.82, 2.24) is 9.97 Å². The summed E-state index contributed by atoms with van der Waals surface area (Å²) in [6.45, 7) is 1.15. The van der Waals surface area contributed by atoms with E-state index in [9.17, 15) is 9.18 Å². The van der Waals surface area contributed by atoms with E-state index in [-0.39, 0.29) is 17.4 Å². The number of alkyl halides is 1. The lowest BCUT2D eigenvalue weighted by atomic mass is 10.1. The molecule has 0 spiro atoms. The Kier molecular flexibility index (Phi) is 5.76. The third-order valence-corrected chi connectivity index (χ3v) is 5.35. The van der Waals surface area contributed by atoms with Crippen LogP contribution in [0.5, 0.6) is 0 Å². The number of carbonyl (C=O) groups excluding carboxylic acids is 1. The molecule has 4 rings (SSSR count). The molecular weight excluding hydrogens is 383 g/mol. The van der Waals surface area contributed by atoms with Crippen molar-refractivity contribution in [2.24, 2.45) is 5.73 Å². The summed E-state index contributed by atoms with van der Waals surface area (Å²) >= 11 is 0. The van der Waals surface area contributed by atoms with E-state index in [1.54, 1.807) is 24.5 Å². The Morgan fingerprint density at radius 1 is 1.30 bits per heavy atom. The number of amides is 1. The zero-order valence-corrected chi connectivity index (χ0v) is 16.6. The lowest BCUT2D eigenvalue weighted by Gasteiger charge is -2.33. The first-order valence-electron chi connectivity index (χ1n) is 10.1. The minimum absolute atomic E-state index is 0.104. The average Bonchev–Trinajstić information content (AvgIpc) is 2.74. The highest BCUT2D eigenvalue weighted by Gasteiger charge is 2.21. The number of nitrogens with one attached hydrogen (secondary N) is 1. The number of aryl methyl sites for hydroxylation is 1. The van der Waals surface area contributed by atoms with Gasteiger partial charge in [0.25, 0.3) is 5.91 Å². The fraction of sp³-hybridized carbons (Fsp3) is 0.318. The largest absolute Gasteiger partial charge is 0.397 e. The molecule has 5 N–H and O–H groups in total. The van der Waals surface area contributed by atoms with E-state index < -0.39 is 12.6 Å². The molecule has 1 fully saturated rings. The highest BCUT2D eigenvalue weighted by atomic mass is 19.1. The van der Waals surface area contributed by atoms with Gasteiger partial charge in [0.2, 0.25) is 0 Å². The van der Waals surface area contributed by atoms with Crippen LogP contribution in [-0.2, 0) is 6.42 Å². The van der Waals surface area contributed by atoms with Crippen LogP contribution < -0.4 is 21.7 Å². The predicted octanol–water partition coefficient (Wildman–Crippen LogP) is 2.90. The topological polar surface area (TPSA) is 110 Å². The van der Waals surface area contributed by atoms with Crippen LogP contribution in [-0.4, -0.2) is 41.7 Å². The molecule has 2 aromatic heterocycles. The van der Waals surface area contributed by atoms with Crippen molar-refractivity contribution in [2.45, 2.75) is 25.3 Å². The lowest BCUT2D eigenvalue weighted by molar-refractivity contribution is 0.102. The molecule has 1 saturated heterocycles. The lowest BCUT2D eigenvalue weighted by Crippen LogP contribution is -2.43. The van der Waals surface area contributed by atoms with Crippen molar-refractivity contribution >= 4 is 33.9 Å². The molecule has 1 unspecified atom stereocenters. The van der Waals surface area contributed by atoms with E-state index in [1.165, 1.54) is 0 Å². The van der Waals surface area contributed by atoms with Gasteiger partial charge in [0.1, 0.15) is 0 Å². The number of nitrogens with two attached hydrogens (primary N) is 2. The Labute approximate surface area is 174 Å². The molecule has 3 aromatic rings.